The molecule has 0 saturated carbocycles. The molecule has 2 aliphatic rings. The van der Waals surface area contributed by atoms with E-state index in [-0.39, 0.29) is 17.4 Å². The lowest BCUT2D eigenvalue weighted by molar-refractivity contribution is -0.286. The van der Waals surface area contributed by atoms with Crippen molar-refractivity contribution < 1.29 is 32.5 Å². The number of ether oxygens (including phenoxy) is 4. The molecule has 2 heterocycles. The van der Waals surface area contributed by atoms with Crippen molar-refractivity contribution in [2.24, 2.45) is 0 Å². The molecule has 2 aliphatic heterocycles. The summed E-state index contributed by atoms with van der Waals surface area (Å²) in [5.74, 6) is 0.679. The predicted molar refractivity (Wildman–Crippen MR) is 87.7 cm³/mol. The van der Waals surface area contributed by atoms with Crippen LogP contribution in [0.5, 0.6) is 23.0 Å². The summed E-state index contributed by atoms with van der Waals surface area (Å²) in [6, 6.07) is 9.34. The highest BCUT2D eigenvalue weighted by Gasteiger charge is 2.43. The minimum absolute atomic E-state index is 0.0483. The van der Waals surface area contributed by atoms with Crippen molar-refractivity contribution in [2.45, 2.75) is 6.29 Å². The lowest BCUT2D eigenvalue weighted by Gasteiger charge is -2.18. The molecule has 6 nitrogen and oxygen atoms in total. The number of fused-ring (bicyclic) bond motifs is 2. The van der Waals surface area contributed by atoms with Crippen LogP contribution in [0.3, 0.4) is 0 Å². The molecular weight excluding hydrogens is 348 g/mol. The van der Waals surface area contributed by atoms with Crippen molar-refractivity contribution in [3.63, 3.8) is 0 Å². The largest absolute Gasteiger partial charge is 0.586 e. The van der Waals surface area contributed by atoms with Gasteiger partial charge in [-0.15, -0.1) is 8.78 Å². The number of halogens is 2. The summed E-state index contributed by atoms with van der Waals surface area (Å²) >= 11 is 0. The Morgan fingerprint density at radius 1 is 0.962 bits per heavy atom. The molecule has 1 amide bonds. The summed E-state index contributed by atoms with van der Waals surface area (Å²) in [5, 5.41) is 2.69. The zero-order valence-electron chi connectivity index (χ0n) is 13.3. The van der Waals surface area contributed by atoms with E-state index in [1.807, 2.05) is 0 Å². The SMILES string of the molecule is O=C(C=Cc1ccc2c(c1)OC(F)(F)O2)Nc1ccc2c(c1)OCCO2. The zero-order chi connectivity index (χ0) is 18.1. The van der Waals surface area contributed by atoms with Gasteiger partial charge in [0.25, 0.3) is 0 Å². The second kappa shape index (κ2) is 6.21. The van der Waals surface area contributed by atoms with Gasteiger partial charge in [0.15, 0.2) is 23.0 Å². The Labute approximate surface area is 146 Å². The summed E-state index contributed by atoms with van der Waals surface area (Å²) < 4.78 is 45.6. The molecule has 0 aliphatic carbocycles. The maximum Gasteiger partial charge on any atom is 0.586 e. The first-order valence-electron chi connectivity index (χ1n) is 7.77. The Bertz CT molecular complexity index is 897. The van der Waals surface area contributed by atoms with Crippen LogP contribution in [0.2, 0.25) is 0 Å². The lowest BCUT2D eigenvalue weighted by Crippen LogP contribution is -2.25. The van der Waals surface area contributed by atoms with Crippen molar-refractivity contribution in [2.75, 3.05) is 18.5 Å². The monoisotopic (exact) mass is 361 g/mol. The molecule has 2 aromatic rings. The predicted octanol–water partition coefficient (Wildman–Crippen LogP) is 3.43. The topological polar surface area (TPSA) is 66.0 Å². The Morgan fingerprint density at radius 3 is 2.54 bits per heavy atom. The molecule has 0 fully saturated rings. The maximum absolute atomic E-state index is 13.0. The standard InChI is InChI=1S/C18H13F2NO5/c19-18(20)25-14-4-1-11(9-16(14)26-18)2-6-17(22)21-12-3-5-13-15(10-12)24-8-7-23-13/h1-6,9-10H,7-8H2,(H,21,22). The van der Waals surface area contributed by atoms with Crippen molar-refractivity contribution in [1.29, 1.82) is 0 Å². The molecule has 0 atom stereocenters. The second-order valence-electron chi connectivity index (χ2n) is 5.55. The highest BCUT2D eigenvalue weighted by molar-refractivity contribution is 6.02. The summed E-state index contributed by atoms with van der Waals surface area (Å²) in [7, 11) is 0. The first-order valence-corrected chi connectivity index (χ1v) is 7.77. The Kier molecular flexibility index (Phi) is 3.87. The van der Waals surface area contributed by atoms with E-state index in [1.165, 1.54) is 30.4 Å². The number of carbonyl (C=O) groups is 1. The normalized spacial score (nSPS) is 16.5. The number of hydrogen-bond donors (Lipinski definition) is 1. The molecule has 0 spiro atoms. The molecule has 8 heteroatoms. The van der Waals surface area contributed by atoms with E-state index in [0.29, 0.717) is 36.0 Å². The van der Waals surface area contributed by atoms with Gasteiger partial charge in [-0.05, 0) is 35.9 Å². The van der Waals surface area contributed by atoms with Crippen molar-refractivity contribution in [3.8, 4) is 23.0 Å². The minimum Gasteiger partial charge on any atom is -0.486 e. The number of rotatable bonds is 3. The van der Waals surface area contributed by atoms with E-state index in [0.717, 1.165) is 0 Å². The molecule has 0 saturated heterocycles. The van der Waals surface area contributed by atoms with Crippen molar-refractivity contribution in [1.82, 2.24) is 0 Å². The second-order valence-corrected chi connectivity index (χ2v) is 5.55. The van der Waals surface area contributed by atoms with Gasteiger partial charge in [-0.25, -0.2) is 0 Å². The highest BCUT2D eigenvalue weighted by Crippen LogP contribution is 2.41. The van der Waals surface area contributed by atoms with E-state index in [1.54, 1.807) is 18.2 Å². The molecule has 0 aromatic heterocycles. The van der Waals surface area contributed by atoms with Crippen LogP contribution in [0.1, 0.15) is 5.56 Å². The quantitative estimate of drug-likeness (QED) is 0.849. The molecule has 1 N–H and O–H groups in total. The minimum atomic E-state index is -3.67. The van der Waals surface area contributed by atoms with Gasteiger partial charge in [0.1, 0.15) is 13.2 Å². The number of hydrogen-bond acceptors (Lipinski definition) is 5. The highest BCUT2D eigenvalue weighted by atomic mass is 19.3. The van der Waals surface area contributed by atoms with E-state index in [9.17, 15) is 13.6 Å². The molecule has 0 unspecified atom stereocenters. The van der Waals surface area contributed by atoms with E-state index < -0.39 is 6.29 Å². The third-order valence-corrected chi connectivity index (χ3v) is 3.66. The maximum atomic E-state index is 13.0. The fourth-order valence-corrected chi connectivity index (χ4v) is 2.55. The van der Waals surface area contributed by atoms with E-state index >= 15 is 0 Å². The van der Waals surface area contributed by atoms with Crippen LogP contribution in [0.4, 0.5) is 14.5 Å². The van der Waals surface area contributed by atoms with Crippen LogP contribution in [-0.4, -0.2) is 25.4 Å². The van der Waals surface area contributed by atoms with Gasteiger partial charge >= 0.3 is 6.29 Å². The number of anilines is 1. The van der Waals surface area contributed by atoms with Gasteiger partial charge in [-0.3, -0.25) is 4.79 Å². The number of amides is 1. The Balaban J connectivity index is 1.42. The smallest absolute Gasteiger partial charge is 0.486 e. The molecule has 0 bridgehead atoms. The van der Waals surface area contributed by atoms with Gasteiger partial charge in [-0.2, -0.15) is 0 Å². The lowest BCUT2D eigenvalue weighted by atomic mass is 10.2. The van der Waals surface area contributed by atoms with Crippen LogP contribution >= 0.6 is 0 Å². The van der Waals surface area contributed by atoms with Crippen LogP contribution in [-0.2, 0) is 4.79 Å². The number of carbonyl (C=O) groups excluding carboxylic acids is 1. The third-order valence-electron chi connectivity index (χ3n) is 3.66. The van der Waals surface area contributed by atoms with Crippen molar-refractivity contribution >= 4 is 17.7 Å². The average molecular weight is 361 g/mol. The summed E-state index contributed by atoms with van der Waals surface area (Å²) in [6.07, 6.45) is -0.903. The molecule has 134 valence electrons. The van der Waals surface area contributed by atoms with Crippen LogP contribution in [0, 0.1) is 0 Å². The average Bonchev–Trinajstić information content (AvgIpc) is 2.93. The van der Waals surface area contributed by atoms with Crippen LogP contribution in [0.25, 0.3) is 6.08 Å². The van der Waals surface area contributed by atoms with Gasteiger partial charge < -0.3 is 24.3 Å². The molecule has 4 rings (SSSR count). The molecular formula is C18H13F2NO5. The van der Waals surface area contributed by atoms with Gasteiger partial charge in [-0.1, -0.05) is 6.07 Å². The summed E-state index contributed by atoms with van der Waals surface area (Å²) in [5.41, 5.74) is 1.07. The van der Waals surface area contributed by atoms with Gasteiger partial charge in [0, 0.05) is 17.8 Å². The first kappa shape index (κ1) is 16.2. The zero-order valence-corrected chi connectivity index (χ0v) is 13.3. The van der Waals surface area contributed by atoms with Crippen molar-refractivity contribution in [3.05, 3.63) is 48.0 Å². The number of nitrogens with one attached hydrogen (secondary N) is 1. The molecule has 0 radical (unpaired) electrons. The third kappa shape index (κ3) is 3.39. The van der Waals surface area contributed by atoms with Gasteiger partial charge in [0.2, 0.25) is 5.91 Å². The fourth-order valence-electron chi connectivity index (χ4n) is 2.55. The number of benzene rings is 2. The fraction of sp³-hybridized carbons (Fsp3) is 0.167. The summed E-state index contributed by atoms with van der Waals surface area (Å²) in [4.78, 5) is 12.0. The number of alkyl halides is 2. The molecule has 2 aromatic carbocycles. The summed E-state index contributed by atoms with van der Waals surface area (Å²) in [6.45, 7) is 0.941. The Morgan fingerprint density at radius 2 is 1.69 bits per heavy atom. The van der Waals surface area contributed by atoms with Gasteiger partial charge in [0.05, 0.1) is 0 Å². The Hall–Kier alpha value is -3.29. The van der Waals surface area contributed by atoms with E-state index in [4.69, 9.17) is 9.47 Å². The van der Waals surface area contributed by atoms with Crippen LogP contribution in [0.15, 0.2) is 42.5 Å². The van der Waals surface area contributed by atoms with E-state index in [2.05, 4.69) is 14.8 Å². The first-order chi connectivity index (χ1) is 12.5. The molecule has 26 heavy (non-hydrogen) atoms. The van der Waals surface area contributed by atoms with Crippen LogP contribution < -0.4 is 24.3 Å².